The zero-order valence-corrected chi connectivity index (χ0v) is 25.3. The maximum atomic E-state index is 14.0. The van der Waals surface area contributed by atoms with Crippen LogP contribution in [0.3, 0.4) is 0 Å². The van der Waals surface area contributed by atoms with Crippen molar-refractivity contribution in [2.75, 3.05) is 6.54 Å². The van der Waals surface area contributed by atoms with Crippen LogP contribution in [-0.4, -0.2) is 40.6 Å². The number of carboxylic acid groups (broad SMARTS) is 1. The number of hydrogen-bond donors (Lipinski definition) is 1. The Morgan fingerprint density at radius 1 is 1.08 bits per heavy atom. The molecule has 1 saturated carbocycles. The molecule has 1 aliphatic heterocycles. The van der Waals surface area contributed by atoms with E-state index in [4.69, 9.17) is 28.2 Å². The van der Waals surface area contributed by atoms with E-state index in [-0.39, 0.29) is 60.4 Å². The molecule has 4 rings (SSSR count). The smallest absolute Gasteiger partial charge is 0.550 e. The number of nitrogens with one attached hydrogen (secondary N) is 1. The standard InChI is InChI=1S/C28H31Cl2N3O4.Na/c1-2-6-23(18-7-9-19(10-8-18)26(36)31-14-11-24(34)35)33-27(37)25(20-15-21(29)17-22(30)16-20)32-28(33)12-4-3-5-13-28;/h7-10,15-17,23H,2-6,11-14H2,1H3,(H,31,36)(H,34,35);/q;+1/p-1/t23-;/m1./s1. The summed E-state index contributed by atoms with van der Waals surface area (Å²) in [5, 5.41) is 14.1. The second kappa shape index (κ2) is 13.4. The third kappa shape index (κ3) is 6.80. The van der Waals surface area contributed by atoms with Gasteiger partial charge in [0.2, 0.25) is 0 Å². The average Bonchev–Trinajstić information content (AvgIpc) is 3.13. The summed E-state index contributed by atoms with van der Waals surface area (Å²) >= 11 is 12.5. The van der Waals surface area contributed by atoms with E-state index in [0.717, 1.165) is 50.5 Å². The fourth-order valence-electron chi connectivity index (χ4n) is 5.35. The van der Waals surface area contributed by atoms with Crippen molar-refractivity contribution in [1.29, 1.82) is 0 Å². The Morgan fingerprint density at radius 2 is 1.71 bits per heavy atom. The Labute approximate surface area is 255 Å². The van der Waals surface area contributed by atoms with Gasteiger partial charge >= 0.3 is 29.6 Å². The Morgan fingerprint density at radius 3 is 2.29 bits per heavy atom. The molecule has 0 unspecified atom stereocenters. The van der Waals surface area contributed by atoms with Gasteiger partial charge in [-0.15, -0.1) is 0 Å². The summed E-state index contributed by atoms with van der Waals surface area (Å²) in [4.78, 5) is 44.1. The number of carbonyl (C=O) groups excluding carboxylic acids is 3. The van der Waals surface area contributed by atoms with E-state index in [2.05, 4.69) is 12.2 Å². The SMILES string of the molecule is CCC[C@H](c1ccc(C(=O)NCCC(=O)[O-])cc1)N1C(=O)C(c2cc(Cl)cc(Cl)c2)=NC12CCCCC2.[Na+]. The molecule has 10 heteroatoms. The molecule has 0 bridgehead atoms. The van der Waals surface area contributed by atoms with Crippen LogP contribution in [0.1, 0.15) is 85.8 Å². The molecule has 1 heterocycles. The molecule has 196 valence electrons. The number of amides is 2. The van der Waals surface area contributed by atoms with Gasteiger partial charge in [0, 0.05) is 40.1 Å². The van der Waals surface area contributed by atoms with Gasteiger partial charge in [-0.05, 0) is 68.0 Å². The molecular weight excluding hydrogens is 536 g/mol. The summed E-state index contributed by atoms with van der Waals surface area (Å²) < 4.78 is 0. The minimum Gasteiger partial charge on any atom is -0.550 e. The van der Waals surface area contributed by atoms with Crippen LogP contribution in [0.5, 0.6) is 0 Å². The van der Waals surface area contributed by atoms with Crippen molar-refractivity contribution in [2.45, 2.75) is 70.0 Å². The Kier molecular flexibility index (Phi) is 10.8. The van der Waals surface area contributed by atoms with Gasteiger partial charge in [0.25, 0.3) is 11.8 Å². The van der Waals surface area contributed by atoms with E-state index in [9.17, 15) is 19.5 Å². The van der Waals surface area contributed by atoms with Crippen molar-refractivity contribution in [3.8, 4) is 0 Å². The molecule has 1 spiro atoms. The predicted octanol–water partition coefficient (Wildman–Crippen LogP) is 1.70. The number of aliphatic imine (C=N–C) groups is 1. The Bertz CT molecular complexity index is 1190. The quantitative estimate of drug-likeness (QED) is 0.467. The number of carboxylic acids is 1. The van der Waals surface area contributed by atoms with Crippen molar-refractivity contribution in [3.05, 3.63) is 69.2 Å². The average molecular weight is 566 g/mol. The van der Waals surface area contributed by atoms with E-state index < -0.39 is 11.6 Å². The minimum atomic E-state index is -1.22. The first-order valence-corrected chi connectivity index (χ1v) is 13.5. The summed E-state index contributed by atoms with van der Waals surface area (Å²) in [7, 11) is 0. The van der Waals surface area contributed by atoms with Crippen LogP contribution < -0.4 is 40.0 Å². The van der Waals surface area contributed by atoms with Crippen molar-refractivity contribution in [3.63, 3.8) is 0 Å². The van der Waals surface area contributed by atoms with Crippen LogP contribution in [0, 0.1) is 0 Å². The molecule has 2 amide bonds. The molecule has 1 atom stereocenters. The van der Waals surface area contributed by atoms with E-state index in [1.165, 1.54) is 0 Å². The van der Waals surface area contributed by atoms with Gasteiger partial charge < -0.3 is 20.1 Å². The zero-order chi connectivity index (χ0) is 26.6. The first-order valence-electron chi connectivity index (χ1n) is 12.7. The van der Waals surface area contributed by atoms with Gasteiger partial charge in [0.15, 0.2) is 0 Å². The molecule has 2 aliphatic rings. The third-order valence-corrected chi connectivity index (χ3v) is 7.46. The number of hydrogen-bond acceptors (Lipinski definition) is 5. The first-order chi connectivity index (χ1) is 17.7. The maximum Gasteiger partial charge on any atom is 1.00 e. The molecule has 0 radical (unpaired) electrons. The van der Waals surface area contributed by atoms with Gasteiger partial charge in [-0.25, -0.2) is 0 Å². The second-order valence-electron chi connectivity index (χ2n) is 9.64. The minimum absolute atomic E-state index is 0. The van der Waals surface area contributed by atoms with Gasteiger partial charge in [-0.3, -0.25) is 14.6 Å². The number of carbonyl (C=O) groups is 3. The van der Waals surface area contributed by atoms with Crippen LogP contribution in [0.2, 0.25) is 10.0 Å². The number of nitrogens with zero attached hydrogens (tertiary/aromatic N) is 2. The molecular formula is C28H30Cl2N3NaO4. The van der Waals surface area contributed by atoms with E-state index >= 15 is 0 Å². The molecule has 1 N–H and O–H groups in total. The molecule has 2 aromatic carbocycles. The van der Waals surface area contributed by atoms with Crippen LogP contribution in [0.25, 0.3) is 0 Å². The largest absolute Gasteiger partial charge is 1.00 e. The molecule has 1 fully saturated rings. The summed E-state index contributed by atoms with van der Waals surface area (Å²) in [6, 6.07) is 12.0. The normalized spacial score (nSPS) is 17.1. The topological polar surface area (TPSA) is 102 Å². The van der Waals surface area contributed by atoms with Crippen LogP contribution in [-0.2, 0) is 9.59 Å². The van der Waals surface area contributed by atoms with Gasteiger partial charge in [0.05, 0.1) is 6.04 Å². The maximum absolute atomic E-state index is 14.0. The summed E-state index contributed by atoms with van der Waals surface area (Å²) in [5.41, 5.74) is 1.72. The molecule has 0 saturated heterocycles. The monoisotopic (exact) mass is 565 g/mol. The Balaban J connectivity index is 0.00000400. The zero-order valence-electron chi connectivity index (χ0n) is 21.8. The third-order valence-electron chi connectivity index (χ3n) is 7.03. The number of benzene rings is 2. The molecule has 1 aliphatic carbocycles. The molecule has 7 nitrogen and oxygen atoms in total. The van der Waals surface area contributed by atoms with Crippen LogP contribution in [0.15, 0.2) is 47.5 Å². The van der Waals surface area contributed by atoms with Crippen LogP contribution >= 0.6 is 23.2 Å². The van der Waals surface area contributed by atoms with Crippen LogP contribution in [0.4, 0.5) is 0 Å². The molecule has 38 heavy (non-hydrogen) atoms. The second-order valence-corrected chi connectivity index (χ2v) is 10.5. The number of halogens is 2. The number of aliphatic carboxylic acids is 1. The summed E-state index contributed by atoms with van der Waals surface area (Å²) in [5.74, 6) is -1.71. The van der Waals surface area contributed by atoms with E-state index in [1.807, 2.05) is 17.0 Å². The molecule has 0 aromatic heterocycles. The summed E-state index contributed by atoms with van der Waals surface area (Å²) in [6.07, 6.45) is 6.00. The van der Waals surface area contributed by atoms with Crippen molar-refractivity contribution in [1.82, 2.24) is 10.2 Å². The van der Waals surface area contributed by atoms with Crippen molar-refractivity contribution < 1.29 is 49.0 Å². The number of rotatable bonds is 9. The van der Waals surface area contributed by atoms with Crippen molar-refractivity contribution >= 4 is 46.7 Å². The van der Waals surface area contributed by atoms with Gasteiger partial charge in [-0.2, -0.15) is 0 Å². The fraction of sp³-hybridized carbons (Fsp3) is 0.429. The molecule has 2 aromatic rings. The van der Waals surface area contributed by atoms with Gasteiger partial charge in [-0.1, -0.05) is 55.1 Å². The fourth-order valence-corrected chi connectivity index (χ4v) is 5.87. The van der Waals surface area contributed by atoms with E-state index in [1.54, 1.807) is 30.3 Å². The van der Waals surface area contributed by atoms with Crippen molar-refractivity contribution in [2.24, 2.45) is 4.99 Å². The first kappa shape index (κ1) is 30.6. The Hall–Kier alpha value is -1.90. The van der Waals surface area contributed by atoms with Gasteiger partial charge in [0.1, 0.15) is 11.4 Å². The summed E-state index contributed by atoms with van der Waals surface area (Å²) in [6.45, 7) is 2.08. The van der Waals surface area contributed by atoms with E-state index in [0.29, 0.717) is 26.9 Å². The predicted molar refractivity (Wildman–Crippen MR) is 142 cm³/mol.